The Morgan fingerprint density at radius 1 is 1.21 bits per heavy atom. The summed E-state index contributed by atoms with van der Waals surface area (Å²) in [5.41, 5.74) is 2.12. The van der Waals surface area contributed by atoms with Crippen molar-refractivity contribution < 1.29 is 4.79 Å². The number of para-hydroxylation sites is 1. The van der Waals surface area contributed by atoms with Crippen LogP contribution in [-0.2, 0) is 4.79 Å². The number of anilines is 1. The molecule has 1 aromatic rings. The van der Waals surface area contributed by atoms with Crippen LogP contribution in [0.25, 0.3) is 0 Å². The van der Waals surface area contributed by atoms with Crippen molar-refractivity contribution >= 4 is 17.6 Å². The van der Waals surface area contributed by atoms with E-state index in [4.69, 9.17) is 0 Å². The molecule has 0 radical (unpaired) electrons. The first-order valence-corrected chi connectivity index (χ1v) is 10.9. The highest BCUT2D eigenvalue weighted by molar-refractivity contribution is 5.94. The number of piperazine rings is 1. The Morgan fingerprint density at radius 3 is 2.66 bits per heavy atom. The van der Waals surface area contributed by atoms with Crippen molar-refractivity contribution in [1.29, 1.82) is 0 Å². The van der Waals surface area contributed by atoms with Crippen LogP contribution in [0.4, 0.5) is 5.69 Å². The van der Waals surface area contributed by atoms with Gasteiger partial charge in [0.2, 0.25) is 5.91 Å². The number of rotatable bonds is 7. The molecule has 2 heterocycles. The molecule has 3 rings (SSSR count). The van der Waals surface area contributed by atoms with Crippen LogP contribution in [-0.4, -0.2) is 81.1 Å². The van der Waals surface area contributed by atoms with Crippen LogP contribution in [0, 0.1) is 5.92 Å². The van der Waals surface area contributed by atoms with Crippen LogP contribution in [0.1, 0.15) is 31.7 Å². The van der Waals surface area contributed by atoms with Crippen molar-refractivity contribution in [3.8, 4) is 0 Å². The predicted molar refractivity (Wildman–Crippen MR) is 120 cm³/mol. The van der Waals surface area contributed by atoms with Crippen LogP contribution < -0.4 is 16.0 Å². The topological polar surface area (TPSA) is 72.0 Å². The van der Waals surface area contributed by atoms with Gasteiger partial charge in [-0.05, 0) is 24.1 Å². The monoisotopic (exact) mass is 400 g/mol. The number of guanidine groups is 1. The summed E-state index contributed by atoms with van der Waals surface area (Å²) in [5.74, 6) is 1.58. The molecule has 0 spiro atoms. The van der Waals surface area contributed by atoms with Gasteiger partial charge < -0.3 is 25.8 Å². The lowest BCUT2D eigenvalue weighted by molar-refractivity contribution is -0.116. The molecule has 2 unspecified atom stereocenters. The minimum absolute atomic E-state index is 0.0789. The first-order valence-electron chi connectivity index (χ1n) is 10.9. The van der Waals surface area contributed by atoms with Gasteiger partial charge in [0.25, 0.3) is 0 Å². The van der Waals surface area contributed by atoms with Crippen LogP contribution in [0.2, 0.25) is 0 Å². The average molecular weight is 401 g/mol. The number of likely N-dealkylation sites (N-methyl/N-ethyl adjacent to an activating group) is 1. The summed E-state index contributed by atoms with van der Waals surface area (Å²) in [6, 6.07) is 8.05. The second-order valence-electron chi connectivity index (χ2n) is 8.21. The van der Waals surface area contributed by atoms with E-state index in [-0.39, 0.29) is 11.8 Å². The fourth-order valence-electron chi connectivity index (χ4n) is 4.19. The maximum absolute atomic E-state index is 12.0. The number of hydrogen-bond acceptors (Lipinski definition) is 4. The zero-order valence-electron chi connectivity index (χ0n) is 18.1. The van der Waals surface area contributed by atoms with Gasteiger partial charge in [0.15, 0.2) is 5.96 Å². The van der Waals surface area contributed by atoms with Gasteiger partial charge in [-0.25, -0.2) is 0 Å². The Hall–Kier alpha value is -2.12. The maximum atomic E-state index is 12.0. The van der Waals surface area contributed by atoms with Gasteiger partial charge >= 0.3 is 0 Å². The molecule has 160 valence electrons. The highest BCUT2D eigenvalue weighted by atomic mass is 16.1. The van der Waals surface area contributed by atoms with E-state index >= 15 is 0 Å². The third-order valence-electron chi connectivity index (χ3n) is 5.95. The molecule has 7 heteroatoms. The molecule has 0 saturated carbocycles. The number of amides is 1. The Balaban J connectivity index is 1.42. The molecule has 29 heavy (non-hydrogen) atoms. The second kappa shape index (κ2) is 10.6. The van der Waals surface area contributed by atoms with E-state index in [0.29, 0.717) is 18.9 Å². The van der Waals surface area contributed by atoms with Crippen LogP contribution in [0.3, 0.4) is 0 Å². The molecule has 7 nitrogen and oxygen atoms in total. The normalized spacial score (nSPS) is 22.0. The zero-order chi connectivity index (χ0) is 20.6. The van der Waals surface area contributed by atoms with Gasteiger partial charge in [-0.2, -0.15) is 0 Å². The summed E-state index contributed by atoms with van der Waals surface area (Å²) >= 11 is 0. The Morgan fingerprint density at radius 2 is 1.93 bits per heavy atom. The molecule has 3 N–H and O–H groups in total. The number of nitrogens with zero attached hydrogens (tertiary/aromatic N) is 3. The molecule has 1 saturated heterocycles. The van der Waals surface area contributed by atoms with E-state index in [1.165, 1.54) is 18.7 Å². The smallest absolute Gasteiger partial charge is 0.225 e. The molecule has 1 fully saturated rings. The number of carbonyl (C=O) groups excluding carboxylic acids is 1. The minimum Gasteiger partial charge on any atom is -0.356 e. The van der Waals surface area contributed by atoms with Crippen LogP contribution in [0.15, 0.2) is 29.3 Å². The SMILES string of the molecule is CCN1CCN(CC(C)CNC(=NC)NCC2CC(=O)Nc3ccccc32)CC1. The first-order chi connectivity index (χ1) is 14.1. The third kappa shape index (κ3) is 6.18. The molecular weight excluding hydrogens is 364 g/mol. The van der Waals surface area contributed by atoms with Crippen molar-refractivity contribution in [1.82, 2.24) is 20.4 Å². The van der Waals surface area contributed by atoms with Crippen molar-refractivity contribution in [2.24, 2.45) is 10.9 Å². The lowest BCUT2D eigenvalue weighted by Crippen LogP contribution is -2.48. The molecule has 0 bridgehead atoms. The fourth-order valence-corrected chi connectivity index (χ4v) is 4.19. The summed E-state index contributed by atoms with van der Waals surface area (Å²) in [6.07, 6.45) is 0.501. The van der Waals surface area contributed by atoms with E-state index in [9.17, 15) is 4.79 Å². The van der Waals surface area contributed by atoms with Crippen LogP contribution >= 0.6 is 0 Å². The Bertz CT molecular complexity index is 698. The lowest BCUT2D eigenvalue weighted by atomic mass is 9.90. The van der Waals surface area contributed by atoms with Gasteiger partial charge in [0.05, 0.1) is 0 Å². The van der Waals surface area contributed by atoms with Gasteiger partial charge in [-0.15, -0.1) is 0 Å². The number of nitrogens with one attached hydrogen (secondary N) is 3. The summed E-state index contributed by atoms with van der Waals surface area (Å²) in [6.45, 7) is 13.0. The Kier molecular flexibility index (Phi) is 7.89. The summed E-state index contributed by atoms with van der Waals surface area (Å²) in [7, 11) is 1.80. The summed E-state index contributed by atoms with van der Waals surface area (Å²) < 4.78 is 0. The molecule has 2 aliphatic rings. The van der Waals surface area contributed by atoms with Gasteiger partial charge in [0, 0.05) is 70.9 Å². The molecule has 0 aliphatic carbocycles. The molecule has 1 aromatic carbocycles. The minimum atomic E-state index is 0.0789. The predicted octanol–water partition coefficient (Wildman–Crippen LogP) is 1.55. The number of fused-ring (bicyclic) bond motifs is 1. The molecule has 0 aromatic heterocycles. The zero-order valence-corrected chi connectivity index (χ0v) is 18.1. The first kappa shape index (κ1) is 21.6. The third-order valence-corrected chi connectivity index (χ3v) is 5.95. The molecular formula is C22H36N6O. The highest BCUT2D eigenvalue weighted by Gasteiger charge is 2.25. The van der Waals surface area contributed by atoms with Crippen molar-refractivity contribution in [2.75, 3.05) is 64.7 Å². The van der Waals surface area contributed by atoms with Crippen molar-refractivity contribution in [3.05, 3.63) is 29.8 Å². The number of hydrogen-bond donors (Lipinski definition) is 3. The van der Waals surface area contributed by atoms with Crippen molar-refractivity contribution in [3.63, 3.8) is 0 Å². The van der Waals surface area contributed by atoms with E-state index < -0.39 is 0 Å². The number of benzene rings is 1. The fraction of sp³-hybridized carbons (Fsp3) is 0.636. The number of carbonyl (C=O) groups is 1. The van der Waals surface area contributed by atoms with E-state index in [2.05, 4.69) is 50.7 Å². The molecule has 2 aliphatic heterocycles. The quantitative estimate of drug-likeness (QED) is 0.479. The van der Waals surface area contributed by atoms with E-state index in [1.54, 1.807) is 7.05 Å². The summed E-state index contributed by atoms with van der Waals surface area (Å²) in [5, 5.41) is 9.82. The second-order valence-corrected chi connectivity index (χ2v) is 8.21. The largest absolute Gasteiger partial charge is 0.356 e. The van der Waals surface area contributed by atoms with Gasteiger partial charge in [0.1, 0.15) is 0 Å². The van der Waals surface area contributed by atoms with E-state index in [1.807, 2.05) is 18.2 Å². The number of aliphatic imine (C=N–C) groups is 1. The van der Waals surface area contributed by atoms with E-state index in [0.717, 1.165) is 44.4 Å². The summed E-state index contributed by atoms with van der Waals surface area (Å²) in [4.78, 5) is 21.4. The Labute approximate surface area is 174 Å². The average Bonchev–Trinajstić information content (AvgIpc) is 2.74. The molecule has 2 atom stereocenters. The van der Waals surface area contributed by atoms with Crippen LogP contribution in [0.5, 0.6) is 0 Å². The highest BCUT2D eigenvalue weighted by Crippen LogP contribution is 2.31. The van der Waals surface area contributed by atoms with Gasteiger partial charge in [-0.3, -0.25) is 9.79 Å². The molecule has 1 amide bonds. The standard InChI is InChI=1S/C22H36N6O/c1-4-27-9-11-28(12-10-27)16-17(2)14-24-22(23-3)25-15-18-13-21(29)26-20-8-6-5-7-19(18)20/h5-8,17-18H,4,9-16H2,1-3H3,(H,26,29)(H2,23,24,25). The van der Waals surface area contributed by atoms with Crippen molar-refractivity contribution in [2.45, 2.75) is 26.2 Å². The van der Waals surface area contributed by atoms with Gasteiger partial charge in [-0.1, -0.05) is 32.0 Å². The lowest BCUT2D eigenvalue weighted by Gasteiger charge is -2.35. The maximum Gasteiger partial charge on any atom is 0.225 e.